The highest BCUT2D eigenvalue weighted by Gasteiger charge is 2.22. The van der Waals surface area contributed by atoms with E-state index in [0.717, 1.165) is 25.0 Å². The van der Waals surface area contributed by atoms with Gasteiger partial charge in [-0.3, -0.25) is 0 Å². The Morgan fingerprint density at radius 3 is 2.62 bits per heavy atom. The van der Waals surface area contributed by atoms with E-state index >= 15 is 0 Å². The highest BCUT2D eigenvalue weighted by molar-refractivity contribution is 5.27. The summed E-state index contributed by atoms with van der Waals surface area (Å²) in [4.78, 5) is 4.95. The molecule has 0 radical (unpaired) electrons. The van der Waals surface area contributed by atoms with Crippen LogP contribution in [0, 0.1) is 5.92 Å². The molecule has 21 heavy (non-hydrogen) atoms. The van der Waals surface area contributed by atoms with E-state index in [1.165, 1.54) is 50.0 Å². The molecule has 3 rings (SSSR count). The van der Waals surface area contributed by atoms with E-state index < -0.39 is 0 Å². The molecule has 1 aromatic rings. The molecule has 1 aliphatic heterocycles. The minimum absolute atomic E-state index is 0.782. The Morgan fingerprint density at radius 2 is 1.95 bits per heavy atom. The van der Waals surface area contributed by atoms with Crippen molar-refractivity contribution in [3.63, 3.8) is 0 Å². The first-order valence-electron chi connectivity index (χ1n) is 8.38. The second-order valence-electron chi connectivity index (χ2n) is 7.04. The maximum absolute atomic E-state index is 3.64. The molecule has 0 amide bonds. The quantitative estimate of drug-likeness (QED) is 0.830. The van der Waals surface area contributed by atoms with E-state index in [4.69, 9.17) is 0 Å². The summed E-state index contributed by atoms with van der Waals surface area (Å²) in [6.45, 7) is 5.84. The number of benzene rings is 1. The lowest BCUT2D eigenvalue weighted by atomic mass is 10.1. The summed E-state index contributed by atoms with van der Waals surface area (Å²) in [6, 6.07) is 9.69. The van der Waals surface area contributed by atoms with Crippen LogP contribution in [0.4, 0.5) is 0 Å². The number of hydrogen-bond acceptors (Lipinski definition) is 3. The number of hydrogen-bond donors (Lipinski definition) is 1. The van der Waals surface area contributed by atoms with Crippen LogP contribution in [-0.2, 0) is 13.1 Å². The van der Waals surface area contributed by atoms with Crippen molar-refractivity contribution in [1.82, 2.24) is 15.1 Å². The van der Waals surface area contributed by atoms with E-state index in [-0.39, 0.29) is 0 Å². The van der Waals surface area contributed by atoms with Crippen molar-refractivity contribution < 1.29 is 0 Å². The SMILES string of the molecule is CN1CCC(CN(C)Cc2ccccc2CNC2CC2)C1. The van der Waals surface area contributed by atoms with Crippen LogP contribution in [0.15, 0.2) is 24.3 Å². The molecule has 1 aromatic carbocycles. The number of rotatable bonds is 7. The Hall–Kier alpha value is -0.900. The van der Waals surface area contributed by atoms with Gasteiger partial charge in [0.25, 0.3) is 0 Å². The van der Waals surface area contributed by atoms with Crippen LogP contribution in [0.1, 0.15) is 30.4 Å². The lowest BCUT2D eigenvalue weighted by molar-refractivity contribution is 0.266. The summed E-state index contributed by atoms with van der Waals surface area (Å²) < 4.78 is 0. The van der Waals surface area contributed by atoms with Gasteiger partial charge in [0, 0.05) is 32.2 Å². The molecule has 1 heterocycles. The third-order valence-electron chi connectivity index (χ3n) is 4.78. The minimum atomic E-state index is 0.782. The lowest BCUT2D eigenvalue weighted by Crippen LogP contribution is -2.28. The predicted octanol–water partition coefficient (Wildman–Crippen LogP) is 2.32. The lowest BCUT2D eigenvalue weighted by Gasteiger charge is -2.22. The Balaban J connectivity index is 1.53. The van der Waals surface area contributed by atoms with Crippen LogP contribution in [0.25, 0.3) is 0 Å². The summed E-state index contributed by atoms with van der Waals surface area (Å²) in [5.74, 6) is 0.844. The average Bonchev–Trinajstić information content (AvgIpc) is 3.20. The zero-order valence-electron chi connectivity index (χ0n) is 13.5. The van der Waals surface area contributed by atoms with Crippen LogP contribution in [0.3, 0.4) is 0 Å². The van der Waals surface area contributed by atoms with E-state index in [1.54, 1.807) is 0 Å². The molecule has 1 atom stereocenters. The second kappa shape index (κ2) is 6.91. The molecule has 3 nitrogen and oxygen atoms in total. The van der Waals surface area contributed by atoms with Crippen LogP contribution < -0.4 is 5.32 Å². The van der Waals surface area contributed by atoms with Gasteiger partial charge in [0.05, 0.1) is 0 Å². The minimum Gasteiger partial charge on any atom is -0.310 e. The molecule has 0 bridgehead atoms. The zero-order valence-corrected chi connectivity index (χ0v) is 13.5. The molecular weight excluding hydrogens is 258 g/mol. The molecule has 1 saturated carbocycles. The molecule has 1 aliphatic carbocycles. The molecule has 2 aliphatic rings. The number of likely N-dealkylation sites (tertiary alicyclic amines) is 1. The van der Waals surface area contributed by atoms with Gasteiger partial charge in [0.1, 0.15) is 0 Å². The summed E-state index contributed by atoms with van der Waals surface area (Å²) in [7, 11) is 4.50. The van der Waals surface area contributed by atoms with Crippen molar-refractivity contribution in [3.05, 3.63) is 35.4 Å². The fraction of sp³-hybridized carbons (Fsp3) is 0.667. The van der Waals surface area contributed by atoms with Crippen molar-refractivity contribution in [3.8, 4) is 0 Å². The third-order valence-corrected chi connectivity index (χ3v) is 4.78. The van der Waals surface area contributed by atoms with Gasteiger partial charge in [-0.05, 0) is 56.9 Å². The molecule has 3 heteroatoms. The monoisotopic (exact) mass is 287 g/mol. The van der Waals surface area contributed by atoms with Crippen molar-refractivity contribution in [1.29, 1.82) is 0 Å². The first-order chi connectivity index (χ1) is 10.2. The first kappa shape index (κ1) is 15.0. The van der Waals surface area contributed by atoms with Crippen LogP contribution in [0.2, 0.25) is 0 Å². The van der Waals surface area contributed by atoms with Crippen LogP contribution >= 0.6 is 0 Å². The second-order valence-corrected chi connectivity index (χ2v) is 7.04. The van der Waals surface area contributed by atoms with E-state index in [2.05, 4.69) is 53.5 Å². The topological polar surface area (TPSA) is 18.5 Å². The predicted molar refractivity (Wildman–Crippen MR) is 88.2 cm³/mol. The summed E-state index contributed by atoms with van der Waals surface area (Å²) in [5, 5.41) is 3.64. The number of nitrogens with one attached hydrogen (secondary N) is 1. The maximum Gasteiger partial charge on any atom is 0.0234 e. The van der Waals surface area contributed by atoms with Gasteiger partial charge in [-0.25, -0.2) is 0 Å². The van der Waals surface area contributed by atoms with Crippen molar-refractivity contribution in [2.45, 2.75) is 38.4 Å². The summed E-state index contributed by atoms with van der Waals surface area (Å²) in [6.07, 6.45) is 4.07. The van der Waals surface area contributed by atoms with Gasteiger partial charge in [-0.1, -0.05) is 24.3 Å². The smallest absolute Gasteiger partial charge is 0.0234 e. The highest BCUT2D eigenvalue weighted by atomic mass is 15.1. The third kappa shape index (κ3) is 4.53. The summed E-state index contributed by atoms with van der Waals surface area (Å²) >= 11 is 0. The Kier molecular flexibility index (Phi) is 4.94. The van der Waals surface area contributed by atoms with Gasteiger partial charge >= 0.3 is 0 Å². The van der Waals surface area contributed by atoms with Crippen LogP contribution in [-0.4, -0.2) is 49.6 Å². The van der Waals surface area contributed by atoms with Gasteiger partial charge in [-0.15, -0.1) is 0 Å². The van der Waals surface area contributed by atoms with Gasteiger partial charge in [0.2, 0.25) is 0 Å². The first-order valence-corrected chi connectivity index (χ1v) is 8.38. The van der Waals surface area contributed by atoms with Gasteiger partial charge in [0.15, 0.2) is 0 Å². The normalized spacial score (nSPS) is 23.1. The molecule has 116 valence electrons. The molecule has 2 fully saturated rings. The Labute approximate surface area is 129 Å². The number of nitrogens with zero attached hydrogens (tertiary/aromatic N) is 2. The standard InChI is InChI=1S/C18H29N3/c1-20-10-9-15(12-20)13-21(2)14-17-6-4-3-5-16(17)11-19-18-7-8-18/h3-6,15,18-19H,7-14H2,1-2H3. The van der Waals surface area contributed by atoms with Crippen molar-refractivity contribution >= 4 is 0 Å². The summed E-state index contributed by atoms with van der Waals surface area (Å²) in [5.41, 5.74) is 2.96. The maximum atomic E-state index is 3.64. The Bertz CT molecular complexity index is 456. The van der Waals surface area contributed by atoms with E-state index in [9.17, 15) is 0 Å². The average molecular weight is 287 g/mol. The Morgan fingerprint density at radius 1 is 1.19 bits per heavy atom. The van der Waals surface area contributed by atoms with Gasteiger partial charge in [-0.2, -0.15) is 0 Å². The molecule has 1 N–H and O–H groups in total. The van der Waals surface area contributed by atoms with E-state index in [1.807, 2.05) is 0 Å². The largest absolute Gasteiger partial charge is 0.310 e. The fourth-order valence-corrected chi connectivity index (χ4v) is 3.40. The van der Waals surface area contributed by atoms with Gasteiger partial charge < -0.3 is 15.1 Å². The molecule has 1 unspecified atom stereocenters. The molecular formula is C18H29N3. The van der Waals surface area contributed by atoms with E-state index in [0.29, 0.717) is 0 Å². The molecule has 0 spiro atoms. The van der Waals surface area contributed by atoms with Crippen molar-refractivity contribution in [2.24, 2.45) is 5.92 Å². The zero-order chi connectivity index (χ0) is 14.7. The molecule has 1 saturated heterocycles. The van der Waals surface area contributed by atoms with Crippen LogP contribution in [0.5, 0.6) is 0 Å². The fourth-order valence-electron chi connectivity index (χ4n) is 3.40. The molecule has 0 aromatic heterocycles. The highest BCUT2D eigenvalue weighted by Crippen LogP contribution is 2.21. The van der Waals surface area contributed by atoms with Crippen molar-refractivity contribution in [2.75, 3.05) is 33.7 Å².